The number of carbonyl (C=O) groups excluding carboxylic acids is 1. The van der Waals surface area contributed by atoms with Crippen LogP contribution in [-0.2, 0) is 0 Å². The average molecular weight is 286 g/mol. The Bertz CT molecular complexity index is 603. The van der Waals surface area contributed by atoms with Gasteiger partial charge in [0.1, 0.15) is 5.75 Å². The molecule has 0 aromatic heterocycles. The minimum absolute atomic E-state index is 0.00381. The van der Waals surface area contributed by atoms with Gasteiger partial charge >= 0.3 is 0 Å². The van der Waals surface area contributed by atoms with Gasteiger partial charge in [0, 0.05) is 10.5 Å². The Kier molecular flexibility index (Phi) is 4.85. The van der Waals surface area contributed by atoms with Gasteiger partial charge in [-0.05, 0) is 55.5 Å². The topological polar surface area (TPSA) is 26.3 Å². The summed E-state index contributed by atoms with van der Waals surface area (Å²) in [6.45, 7) is 4.16. The molecule has 0 aliphatic carbocycles. The van der Waals surface area contributed by atoms with Crippen LogP contribution in [0, 0.1) is 13.8 Å². The molecule has 0 saturated heterocycles. The number of hydrogen-bond donors (Lipinski definition) is 0. The number of Topliss-reactive ketones (excluding diaryl/α,β-unsaturated/α-hetero) is 1. The number of rotatable bonds is 5. The minimum Gasteiger partial charge on any atom is -0.485 e. The molecular weight excluding hydrogens is 268 g/mol. The highest BCUT2D eigenvalue weighted by atomic mass is 32.2. The first-order valence-electron chi connectivity index (χ1n) is 6.47. The molecule has 2 aromatic rings. The van der Waals surface area contributed by atoms with Gasteiger partial charge < -0.3 is 4.74 Å². The maximum Gasteiger partial charge on any atom is 0.200 e. The molecule has 0 radical (unpaired) electrons. The van der Waals surface area contributed by atoms with Crippen LogP contribution >= 0.6 is 11.8 Å². The fraction of sp³-hybridized carbons (Fsp3) is 0.235. The highest BCUT2D eigenvalue weighted by molar-refractivity contribution is 7.98. The average Bonchev–Trinajstić information content (AvgIpc) is 2.48. The Morgan fingerprint density at radius 3 is 2.35 bits per heavy atom. The van der Waals surface area contributed by atoms with Gasteiger partial charge in [0.15, 0.2) is 12.4 Å². The summed E-state index contributed by atoms with van der Waals surface area (Å²) in [4.78, 5) is 13.2. The van der Waals surface area contributed by atoms with Gasteiger partial charge in [0.2, 0.25) is 0 Å². The summed E-state index contributed by atoms with van der Waals surface area (Å²) in [6.07, 6.45) is 2.01. The second-order valence-corrected chi connectivity index (χ2v) is 5.57. The van der Waals surface area contributed by atoms with E-state index < -0.39 is 0 Å². The predicted molar refractivity (Wildman–Crippen MR) is 84.0 cm³/mol. The first-order chi connectivity index (χ1) is 9.60. The van der Waals surface area contributed by atoms with E-state index in [0.29, 0.717) is 5.56 Å². The molecule has 2 nitrogen and oxygen atoms in total. The van der Waals surface area contributed by atoms with Gasteiger partial charge in [-0.3, -0.25) is 4.79 Å². The zero-order valence-electron chi connectivity index (χ0n) is 12.0. The fourth-order valence-electron chi connectivity index (χ4n) is 1.81. The molecule has 0 unspecified atom stereocenters. The van der Waals surface area contributed by atoms with E-state index in [0.717, 1.165) is 10.6 Å². The predicted octanol–water partition coefficient (Wildman–Crippen LogP) is 4.29. The van der Waals surface area contributed by atoms with E-state index >= 15 is 0 Å². The van der Waals surface area contributed by atoms with Crippen LogP contribution in [0.5, 0.6) is 5.75 Å². The third-order valence-electron chi connectivity index (χ3n) is 3.26. The lowest BCUT2D eigenvalue weighted by Gasteiger charge is -2.08. The second-order valence-electron chi connectivity index (χ2n) is 4.69. The summed E-state index contributed by atoms with van der Waals surface area (Å²) in [5.74, 6) is 0.734. The summed E-state index contributed by atoms with van der Waals surface area (Å²) in [5.41, 5.74) is 3.07. The third-order valence-corrected chi connectivity index (χ3v) is 4.00. The van der Waals surface area contributed by atoms with E-state index in [-0.39, 0.29) is 12.4 Å². The third kappa shape index (κ3) is 3.64. The Labute approximate surface area is 124 Å². The van der Waals surface area contributed by atoms with Crippen LogP contribution in [0.4, 0.5) is 0 Å². The van der Waals surface area contributed by atoms with Crippen LogP contribution in [0.3, 0.4) is 0 Å². The van der Waals surface area contributed by atoms with Crippen LogP contribution in [-0.4, -0.2) is 18.6 Å². The summed E-state index contributed by atoms with van der Waals surface area (Å²) >= 11 is 1.66. The van der Waals surface area contributed by atoms with Gasteiger partial charge in [-0.2, -0.15) is 0 Å². The van der Waals surface area contributed by atoms with E-state index in [9.17, 15) is 4.79 Å². The normalized spacial score (nSPS) is 10.3. The lowest BCUT2D eigenvalue weighted by molar-refractivity contribution is 0.0921. The fourth-order valence-corrected chi connectivity index (χ4v) is 2.22. The van der Waals surface area contributed by atoms with Crippen molar-refractivity contribution in [3.63, 3.8) is 0 Å². The maximum atomic E-state index is 12.0. The smallest absolute Gasteiger partial charge is 0.200 e. The van der Waals surface area contributed by atoms with Crippen molar-refractivity contribution in [1.82, 2.24) is 0 Å². The van der Waals surface area contributed by atoms with E-state index in [1.807, 2.05) is 55.6 Å². The molecule has 2 aromatic carbocycles. The van der Waals surface area contributed by atoms with Crippen molar-refractivity contribution in [3.05, 3.63) is 59.2 Å². The maximum absolute atomic E-state index is 12.0. The van der Waals surface area contributed by atoms with Crippen molar-refractivity contribution in [2.75, 3.05) is 12.9 Å². The standard InChI is InChI=1S/C17H18O2S/c1-12-4-7-15(10-13(12)2)19-11-17(18)14-5-8-16(20-3)9-6-14/h4-10H,11H2,1-3H3. The van der Waals surface area contributed by atoms with Crippen LogP contribution in [0.1, 0.15) is 21.5 Å². The van der Waals surface area contributed by atoms with Gasteiger partial charge in [-0.1, -0.05) is 18.2 Å². The van der Waals surface area contributed by atoms with Crippen molar-refractivity contribution < 1.29 is 9.53 Å². The summed E-state index contributed by atoms with van der Waals surface area (Å²) in [7, 11) is 0. The highest BCUT2D eigenvalue weighted by Crippen LogP contribution is 2.18. The quantitative estimate of drug-likeness (QED) is 0.606. The van der Waals surface area contributed by atoms with E-state index in [4.69, 9.17) is 4.74 Å². The van der Waals surface area contributed by atoms with Crippen LogP contribution < -0.4 is 4.74 Å². The molecule has 2 rings (SSSR count). The van der Waals surface area contributed by atoms with Crippen molar-refractivity contribution >= 4 is 17.5 Å². The molecule has 0 N–H and O–H groups in total. The van der Waals surface area contributed by atoms with Crippen molar-refractivity contribution in [3.8, 4) is 5.75 Å². The molecular formula is C17H18O2S. The largest absolute Gasteiger partial charge is 0.485 e. The Hall–Kier alpha value is -1.74. The number of hydrogen-bond acceptors (Lipinski definition) is 3. The highest BCUT2D eigenvalue weighted by Gasteiger charge is 2.07. The first-order valence-corrected chi connectivity index (χ1v) is 7.70. The second kappa shape index (κ2) is 6.62. The molecule has 0 saturated carbocycles. The Morgan fingerprint density at radius 1 is 1.05 bits per heavy atom. The molecule has 20 heavy (non-hydrogen) atoms. The molecule has 104 valence electrons. The van der Waals surface area contributed by atoms with E-state index in [2.05, 4.69) is 6.92 Å². The van der Waals surface area contributed by atoms with Crippen molar-refractivity contribution in [2.24, 2.45) is 0 Å². The summed E-state index contributed by atoms with van der Waals surface area (Å²) in [6, 6.07) is 13.5. The summed E-state index contributed by atoms with van der Waals surface area (Å²) < 4.78 is 5.56. The van der Waals surface area contributed by atoms with E-state index in [1.54, 1.807) is 11.8 Å². The molecule has 0 aliphatic rings. The first kappa shape index (κ1) is 14.7. The monoisotopic (exact) mass is 286 g/mol. The van der Waals surface area contributed by atoms with Crippen LogP contribution in [0.2, 0.25) is 0 Å². The SMILES string of the molecule is CSc1ccc(C(=O)COc2ccc(C)c(C)c2)cc1. The van der Waals surface area contributed by atoms with Crippen LogP contribution in [0.25, 0.3) is 0 Å². The zero-order chi connectivity index (χ0) is 14.5. The minimum atomic E-state index is -0.00381. The molecule has 0 amide bonds. The number of carbonyl (C=O) groups is 1. The molecule has 0 atom stereocenters. The molecule has 0 fully saturated rings. The number of ketones is 1. The molecule has 0 aliphatic heterocycles. The molecule has 0 spiro atoms. The number of thioether (sulfide) groups is 1. The molecule has 0 bridgehead atoms. The molecule has 3 heteroatoms. The van der Waals surface area contributed by atoms with Gasteiger partial charge in [-0.15, -0.1) is 11.8 Å². The Balaban J connectivity index is 1.98. The number of benzene rings is 2. The van der Waals surface area contributed by atoms with Crippen LogP contribution in [0.15, 0.2) is 47.4 Å². The van der Waals surface area contributed by atoms with Crippen molar-refractivity contribution in [2.45, 2.75) is 18.7 Å². The van der Waals surface area contributed by atoms with Gasteiger partial charge in [0.25, 0.3) is 0 Å². The summed E-state index contributed by atoms with van der Waals surface area (Å²) in [5, 5.41) is 0. The Morgan fingerprint density at radius 2 is 1.75 bits per heavy atom. The number of aryl methyl sites for hydroxylation is 2. The number of ether oxygens (including phenoxy) is 1. The van der Waals surface area contributed by atoms with Gasteiger partial charge in [-0.25, -0.2) is 0 Å². The lowest BCUT2D eigenvalue weighted by atomic mass is 10.1. The lowest BCUT2D eigenvalue weighted by Crippen LogP contribution is -2.11. The van der Waals surface area contributed by atoms with Gasteiger partial charge in [0.05, 0.1) is 0 Å². The van der Waals surface area contributed by atoms with Crippen molar-refractivity contribution in [1.29, 1.82) is 0 Å². The molecule has 0 heterocycles. The zero-order valence-corrected chi connectivity index (χ0v) is 12.8. The van der Waals surface area contributed by atoms with E-state index in [1.165, 1.54) is 11.1 Å².